The molecule has 0 aromatic carbocycles. The molecule has 0 bridgehead atoms. The van der Waals surface area contributed by atoms with Crippen molar-refractivity contribution in [1.29, 1.82) is 0 Å². The van der Waals surface area contributed by atoms with E-state index in [0.29, 0.717) is 0 Å². The van der Waals surface area contributed by atoms with Crippen molar-refractivity contribution < 1.29 is 0 Å². The zero-order valence-corrected chi connectivity index (χ0v) is 12.3. The zero-order valence-electron chi connectivity index (χ0n) is 11.5. The maximum absolute atomic E-state index is 4.51. The van der Waals surface area contributed by atoms with E-state index in [4.69, 9.17) is 0 Å². The predicted molar refractivity (Wildman–Crippen MR) is 82.1 cm³/mol. The van der Waals surface area contributed by atoms with Crippen molar-refractivity contribution in [2.45, 2.75) is 32.7 Å². The van der Waals surface area contributed by atoms with Crippen LogP contribution in [0, 0.1) is 0 Å². The van der Waals surface area contributed by atoms with Gasteiger partial charge in [-0.2, -0.15) is 0 Å². The lowest BCUT2D eigenvalue weighted by molar-refractivity contribution is 0.331. The fourth-order valence-electron chi connectivity index (χ4n) is 2.64. The molecule has 2 aliphatic rings. The SMILES string of the molecule is CCC1=CN(c2cc(CN3CCCC3)ccn2)CS1. The number of rotatable bonds is 4. The highest BCUT2D eigenvalue weighted by Gasteiger charge is 2.16. The molecule has 0 amide bonds. The maximum Gasteiger partial charge on any atom is 0.133 e. The van der Waals surface area contributed by atoms with E-state index in [1.807, 2.05) is 18.0 Å². The van der Waals surface area contributed by atoms with Crippen molar-refractivity contribution in [3.63, 3.8) is 0 Å². The molecule has 0 aliphatic carbocycles. The smallest absolute Gasteiger partial charge is 0.133 e. The molecule has 0 spiro atoms. The van der Waals surface area contributed by atoms with Gasteiger partial charge < -0.3 is 4.90 Å². The molecule has 19 heavy (non-hydrogen) atoms. The van der Waals surface area contributed by atoms with E-state index >= 15 is 0 Å². The first kappa shape index (κ1) is 13.0. The van der Waals surface area contributed by atoms with Gasteiger partial charge in [0.25, 0.3) is 0 Å². The minimum absolute atomic E-state index is 1.00. The first-order chi connectivity index (χ1) is 9.35. The van der Waals surface area contributed by atoms with Crippen LogP contribution in [0.1, 0.15) is 31.7 Å². The van der Waals surface area contributed by atoms with Gasteiger partial charge in [0, 0.05) is 23.8 Å². The number of likely N-dealkylation sites (tertiary alicyclic amines) is 1. The van der Waals surface area contributed by atoms with Gasteiger partial charge >= 0.3 is 0 Å². The summed E-state index contributed by atoms with van der Waals surface area (Å²) in [5, 5.41) is 0. The summed E-state index contributed by atoms with van der Waals surface area (Å²) in [6.45, 7) is 5.77. The monoisotopic (exact) mass is 275 g/mol. The Bertz CT molecular complexity index is 466. The van der Waals surface area contributed by atoms with Crippen LogP contribution in [0.15, 0.2) is 29.4 Å². The van der Waals surface area contributed by atoms with E-state index in [1.165, 1.54) is 36.4 Å². The summed E-state index contributed by atoms with van der Waals surface area (Å²) in [7, 11) is 0. The molecule has 1 aromatic rings. The molecule has 1 aromatic heterocycles. The number of nitrogens with zero attached hydrogens (tertiary/aromatic N) is 3. The van der Waals surface area contributed by atoms with Crippen molar-refractivity contribution in [2.75, 3.05) is 23.9 Å². The van der Waals surface area contributed by atoms with Crippen LogP contribution in [0.4, 0.5) is 5.82 Å². The quantitative estimate of drug-likeness (QED) is 0.838. The Morgan fingerprint density at radius 2 is 2.16 bits per heavy atom. The lowest BCUT2D eigenvalue weighted by atomic mass is 10.2. The van der Waals surface area contributed by atoms with Crippen LogP contribution in [-0.4, -0.2) is 28.9 Å². The van der Waals surface area contributed by atoms with Crippen LogP contribution in [0.25, 0.3) is 0 Å². The Morgan fingerprint density at radius 1 is 1.32 bits per heavy atom. The fraction of sp³-hybridized carbons (Fsp3) is 0.533. The lowest BCUT2D eigenvalue weighted by Gasteiger charge is -2.17. The number of pyridine rings is 1. The van der Waals surface area contributed by atoms with Crippen LogP contribution in [0.2, 0.25) is 0 Å². The van der Waals surface area contributed by atoms with Gasteiger partial charge in [-0.15, -0.1) is 11.8 Å². The summed E-state index contributed by atoms with van der Waals surface area (Å²) in [5.41, 5.74) is 1.38. The highest BCUT2D eigenvalue weighted by Crippen LogP contribution is 2.31. The third-order valence-electron chi connectivity index (χ3n) is 3.75. The van der Waals surface area contributed by atoms with E-state index in [-0.39, 0.29) is 0 Å². The molecular formula is C15H21N3S. The molecule has 0 saturated carbocycles. The highest BCUT2D eigenvalue weighted by atomic mass is 32.2. The number of aromatic nitrogens is 1. The Balaban J connectivity index is 1.71. The van der Waals surface area contributed by atoms with Crippen LogP contribution in [0.5, 0.6) is 0 Å². The molecule has 3 nitrogen and oxygen atoms in total. The maximum atomic E-state index is 4.51. The van der Waals surface area contributed by atoms with E-state index in [2.05, 4.69) is 40.0 Å². The minimum Gasteiger partial charge on any atom is -0.322 e. The van der Waals surface area contributed by atoms with E-state index < -0.39 is 0 Å². The van der Waals surface area contributed by atoms with Crippen molar-refractivity contribution in [3.05, 3.63) is 35.0 Å². The highest BCUT2D eigenvalue weighted by molar-refractivity contribution is 8.03. The lowest BCUT2D eigenvalue weighted by Crippen LogP contribution is -2.19. The minimum atomic E-state index is 1.00. The van der Waals surface area contributed by atoms with Gasteiger partial charge in [0.1, 0.15) is 5.82 Å². The summed E-state index contributed by atoms with van der Waals surface area (Å²) < 4.78 is 0. The van der Waals surface area contributed by atoms with E-state index in [1.54, 1.807) is 0 Å². The van der Waals surface area contributed by atoms with Gasteiger partial charge in [-0.1, -0.05) is 6.92 Å². The van der Waals surface area contributed by atoms with Gasteiger partial charge in [-0.25, -0.2) is 4.98 Å². The van der Waals surface area contributed by atoms with Crippen molar-refractivity contribution in [2.24, 2.45) is 0 Å². The van der Waals surface area contributed by atoms with E-state index in [9.17, 15) is 0 Å². The third kappa shape index (κ3) is 3.12. The summed E-state index contributed by atoms with van der Waals surface area (Å²) >= 11 is 1.92. The summed E-state index contributed by atoms with van der Waals surface area (Å²) in [6.07, 6.45) is 8.01. The number of thioether (sulfide) groups is 1. The molecule has 4 heteroatoms. The zero-order chi connectivity index (χ0) is 13.1. The topological polar surface area (TPSA) is 19.4 Å². The Hall–Kier alpha value is -1.000. The molecule has 3 rings (SSSR count). The van der Waals surface area contributed by atoms with Crippen molar-refractivity contribution in [1.82, 2.24) is 9.88 Å². The van der Waals surface area contributed by atoms with Crippen molar-refractivity contribution >= 4 is 17.6 Å². The molecule has 3 heterocycles. The Labute approximate surface area is 119 Å². The molecule has 1 fully saturated rings. The second kappa shape index (κ2) is 5.97. The van der Waals surface area contributed by atoms with Crippen LogP contribution < -0.4 is 4.90 Å². The number of anilines is 1. The molecule has 0 unspecified atom stereocenters. The van der Waals surface area contributed by atoms with E-state index in [0.717, 1.165) is 24.7 Å². The average Bonchev–Trinajstić information content (AvgIpc) is 3.09. The Morgan fingerprint density at radius 3 is 2.89 bits per heavy atom. The molecule has 1 saturated heterocycles. The first-order valence-corrected chi connectivity index (χ1v) is 8.11. The third-order valence-corrected chi connectivity index (χ3v) is 4.92. The van der Waals surface area contributed by atoms with Crippen LogP contribution >= 0.6 is 11.8 Å². The van der Waals surface area contributed by atoms with Gasteiger partial charge in [-0.05, 0) is 50.0 Å². The fourth-order valence-corrected chi connectivity index (χ4v) is 3.56. The van der Waals surface area contributed by atoms with Gasteiger partial charge in [-0.3, -0.25) is 4.90 Å². The Kier molecular flexibility index (Phi) is 4.09. The largest absolute Gasteiger partial charge is 0.322 e. The number of allylic oxidation sites excluding steroid dienone is 1. The standard InChI is InChI=1S/C15H21N3S/c1-2-14-11-18(12-19-14)15-9-13(5-6-16-15)10-17-7-3-4-8-17/h5-6,9,11H,2-4,7-8,10,12H2,1H3. The average molecular weight is 275 g/mol. The first-order valence-electron chi connectivity index (χ1n) is 7.12. The van der Waals surface area contributed by atoms with Gasteiger partial charge in [0.15, 0.2) is 0 Å². The molecule has 2 aliphatic heterocycles. The second-order valence-electron chi connectivity index (χ2n) is 5.20. The second-order valence-corrected chi connectivity index (χ2v) is 6.27. The normalized spacial score (nSPS) is 20.1. The number of hydrogen-bond acceptors (Lipinski definition) is 4. The van der Waals surface area contributed by atoms with Crippen LogP contribution in [0.3, 0.4) is 0 Å². The molecule has 0 N–H and O–H groups in total. The molecule has 102 valence electrons. The van der Waals surface area contributed by atoms with Gasteiger partial charge in [0.05, 0.1) is 5.88 Å². The number of hydrogen-bond donors (Lipinski definition) is 0. The summed E-state index contributed by atoms with van der Waals surface area (Å²) in [6, 6.07) is 4.39. The van der Waals surface area contributed by atoms with Crippen molar-refractivity contribution in [3.8, 4) is 0 Å². The molecule has 0 radical (unpaired) electrons. The van der Waals surface area contributed by atoms with Crippen LogP contribution in [-0.2, 0) is 6.54 Å². The summed E-state index contributed by atoms with van der Waals surface area (Å²) in [5.74, 6) is 2.09. The molecular weight excluding hydrogens is 254 g/mol. The molecule has 0 atom stereocenters. The predicted octanol–water partition coefficient (Wildman–Crippen LogP) is 3.44. The van der Waals surface area contributed by atoms with Gasteiger partial charge in [0.2, 0.25) is 0 Å². The summed E-state index contributed by atoms with van der Waals surface area (Å²) in [4.78, 5) is 10.8.